The minimum absolute atomic E-state index is 0.0808. The Bertz CT molecular complexity index is 1450. The van der Waals surface area contributed by atoms with Crippen LogP contribution in [0.4, 0.5) is 4.79 Å². The van der Waals surface area contributed by atoms with Gasteiger partial charge >= 0.3 is 6.03 Å². The van der Waals surface area contributed by atoms with Crippen molar-refractivity contribution in [1.29, 1.82) is 0 Å². The number of imide groups is 1. The molecule has 1 aromatic heterocycles. The van der Waals surface area contributed by atoms with Gasteiger partial charge in [0.1, 0.15) is 17.1 Å². The Morgan fingerprint density at radius 3 is 2.76 bits per heavy atom. The molecule has 1 saturated heterocycles. The SMILES string of the molecule is COc1ccc2c(c1)C(=O)N(C[C@@]1(c3cc4cc(C5=NCC=C5)ccc4o3)NC(=O)NC1=O)C2. The number of fused-ring (bicyclic) bond motifs is 2. The van der Waals surface area contributed by atoms with Crippen molar-refractivity contribution in [2.45, 2.75) is 12.1 Å². The maximum Gasteiger partial charge on any atom is 0.322 e. The van der Waals surface area contributed by atoms with E-state index in [1.165, 1.54) is 12.0 Å². The number of furan rings is 1. The van der Waals surface area contributed by atoms with Crippen molar-refractivity contribution in [1.82, 2.24) is 15.5 Å². The van der Waals surface area contributed by atoms with Crippen LogP contribution in [-0.2, 0) is 16.9 Å². The van der Waals surface area contributed by atoms with Gasteiger partial charge in [-0.3, -0.25) is 19.9 Å². The zero-order chi connectivity index (χ0) is 23.4. The van der Waals surface area contributed by atoms with Crippen molar-refractivity contribution in [3.05, 3.63) is 77.1 Å². The fourth-order valence-electron chi connectivity index (χ4n) is 4.70. The lowest BCUT2D eigenvalue weighted by Gasteiger charge is -2.29. The number of hydrogen-bond acceptors (Lipinski definition) is 6. The standard InChI is InChI=1S/C25H20N4O5/c1-33-17-6-4-15-12-29(22(30)18(15)11-17)13-25(23(31)27-24(32)28-25)21-10-16-9-14(5-7-20(16)34-21)19-3-2-8-26-19/h2-7,9-11H,8,12-13H2,1H3,(H2,27,28,31,32)/t25-/m0/s1. The molecule has 0 radical (unpaired) electrons. The van der Waals surface area contributed by atoms with E-state index < -0.39 is 17.5 Å². The van der Waals surface area contributed by atoms with Crippen LogP contribution in [0, 0.1) is 0 Å². The Morgan fingerprint density at radius 1 is 1.15 bits per heavy atom. The largest absolute Gasteiger partial charge is 0.497 e. The van der Waals surface area contributed by atoms with E-state index in [4.69, 9.17) is 9.15 Å². The molecule has 4 amide bonds. The second-order valence-corrected chi connectivity index (χ2v) is 8.49. The quantitative estimate of drug-likeness (QED) is 0.573. The van der Waals surface area contributed by atoms with Gasteiger partial charge in [-0.15, -0.1) is 0 Å². The molecular formula is C25H20N4O5. The van der Waals surface area contributed by atoms with Gasteiger partial charge in [0.05, 0.1) is 25.9 Å². The number of ether oxygens (including phenoxy) is 1. The van der Waals surface area contributed by atoms with Crippen LogP contribution in [-0.4, -0.2) is 48.7 Å². The first-order valence-electron chi connectivity index (χ1n) is 10.8. The monoisotopic (exact) mass is 456 g/mol. The number of aliphatic imine (C=N–C) groups is 1. The Hall–Kier alpha value is -4.40. The van der Waals surface area contributed by atoms with E-state index in [0.717, 1.165) is 22.2 Å². The lowest BCUT2D eigenvalue weighted by atomic mass is 9.95. The third-order valence-electron chi connectivity index (χ3n) is 6.44. The predicted molar refractivity (Wildman–Crippen MR) is 123 cm³/mol. The van der Waals surface area contributed by atoms with Gasteiger partial charge in [-0.1, -0.05) is 12.1 Å². The van der Waals surface area contributed by atoms with E-state index in [0.29, 0.717) is 30.0 Å². The lowest BCUT2D eigenvalue weighted by Crippen LogP contribution is -2.52. The minimum atomic E-state index is -1.55. The van der Waals surface area contributed by atoms with Crippen LogP contribution in [0.5, 0.6) is 5.75 Å². The topological polar surface area (TPSA) is 113 Å². The summed E-state index contributed by atoms with van der Waals surface area (Å²) in [6, 6.07) is 12.0. The van der Waals surface area contributed by atoms with Crippen LogP contribution in [0.3, 0.4) is 0 Å². The highest BCUT2D eigenvalue weighted by atomic mass is 16.5. The Kier molecular flexibility index (Phi) is 4.35. The Morgan fingerprint density at radius 2 is 2.03 bits per heavy atom. The molecule has 3 aromatic rings. The molecule has 0 spiro atoms. The molecule has 0 saturated carbocycles. The molecule has 9 heteroatoms. The van der Waals surface area contributed by atoms with Gasteiger partial charge in [-0.05, 0) is 48.0 Å². The fraction of sp³-hybridized carbons (Fsp3) is 0.200. The summed E-state index contributed by atoms with van der Waals surface area (Å²) in [5.41, 5.74) is 2.16. The molecule has 1 fully saturated rings. The van der Waals surface area contributed by atoms with Crippen molar-refractivity contribution in [3.63, 3.8) is 0 Å². The number of carbonyl (C=O) groups is 3. The van der Waals surface area contributed by atoms with Crippen LogP contribution in [0.2, 0.25) is 0 Å². The van der Waals surface area contributed by atoms with Crippen LogP contribution in [0.15, 0.2) is 64.0 Å². The fourth-order valence-corrected chi connectivity index (χ4v) is 4.70. The highest BCUT2D eigenvalue weighted by Gasteiger charge is 2.53. The number of rotatable bonds is 5. The second kappa shape index (κ2) is 7.31. The Balaban J connectivity index is 1.38. The van der Waals surface area contributed by atoms with Gasteiger partial charge in [0, 0.05) is 23.1 Å². The molecule has 170 valence electrons. The first kappa shape index (κ1) is 20.2. The van der Waals surface area contributed by atoms with E-state index in [-0.39, 0.29) is 18.2 Å². The number of allylic oxidation sites excluding steroid dienone is 1. The molecule has 1 atom stereocenters. The summed E-state index contributed by atoms with van der Waals surface area (Å²) in [6.07, 6.45) is 3.94. The molecule has 2 N–H and O–H groups in total. The number of methoxy groups -OCH3 is 1. The number of nitrogens with zero attached hydrogens (tertiary/aromatic N) is 2. The number of hydrogen-bond donors (Lipinski definition) is 2. The van der Waals surface area contributed by atoms with E-state index in [2.05, 4.69) is 15.6 Å². The number of amides is 4. The van der Waals surface area contributed by atoms with Crippen LogP contribution < -0.4 is 15.4 Å². The molecule has 4 heterocycles. The smallest absolute Gasteiger partial charge is 0.322 e. The second-order valence-electron chi connectivity index (χ2n) is 8.49. The van der Waals surface area contributed by atoms with Crippen LogP contribution >= 0.6 is 0 Å². The van der Waals surface area contributed by atoms with Gasteiger partial charge in [-0.2, -0.15) is 0 Å². The molecule has 0 bridgehead atoms. The summed E-state index contributed by atoms with van der Waals surface area (Å²) in [6.45, 7) is 0.875. The molecular weight excluding hydrogens is 436 g/mol. The summed E-state index contributed by atoms with van der Waals surface area (Å²) in [5, 5.41) is 5.78. The maximum absolute atomic E-state index is 13.2. The summed E-state index contributed by atoms with van der Waals surface area (Å²) >= 11 is 0. The van der Waals surface area contributed by atoms with E-state index in [1.54, 1.807) is 18.2 Å². The normalized spacial score (nSPS) is 21.1. The van der Waals surface area contributed by atoms with Crippen LogP contribution in [0.25, 0.3) is 11.0 Å². The lowest BCUT2D eigenvalue weighted by molar-refractivity contribution is -0.125. The van der Waals surface area contributed by atoms with Gasteiger partial charge < -0.3 is 19.4 Å². The maximum atomic E-state index is 13.2. The van der Waals surface area contributed by atoms with E-state index in [1.807, 2.05) is 36.4 Å². The summed E-state index contributed by atoms with van der Waals surface area (Å²) in [5.74, 6) is 0.0199. The van der Waals surface area contributed by atoms with Gasteiger partial charge in [0.15, 0.2) is 5.54 Å². The number of urea groups is 1. The minimum Gasteiger partial charge on any atom is -0.497 e. The average Bonchev–Trinajstić information content (AvgIpc) is 3.61. The Labute approximate surface area is 194 Å². The van der Waals surface area contributed by atoms with E-state index >= 15 is 0 Å². The summed E-state index contributed by atoms with van der Waals surface area (Å²) in [4.78, 5) is 44.4. The molecule has 2 aromatic carbocycles. The molecule has 6 rings (SSSR count). The van der Waals surface area contributed by atoms with Crippen molar-refractivity contribution < 1.29 is 23.5 Å². The number of nitrogens with one attached hydrogen (secondary N) is 2. The van der Waals surface area contributed by atoms with Crippen molar-refractivity contribution in [3.8, 4) is 5.75 Å². The summed E-state index contributed by atoms with van der Waals surface area (Å²) in [7, 11) is 1.54. The molecule has 0 aliphatic carbocycles. The zero-order valence-corrected chi connectivity index (χ0v) is 18.3. The summed E-state index contributed by atoms with van der Waals surface area (Å²) < 4.78 is 11.3. The van der Waals surface area contributed by atoms with Gasteiger partial charge in [-0.25, -0.2) is 4.79 Å². The van der Waals surface area contributed by atoms with Crippen molar-refractivity contribution >= 4 is 34.5 Å². The third-order valence-corrected chi connectivity index (χ3v) is 6.44. The molecule has 9 nitrogen and oxygen atoms in total. The van der Waals surface area contributed by atoms with Crippen LogP contribution in [0.1, 0.15) is 27.2 Å². The predicted octanol–water partition coefficient (Wildman–Crippen LogP) is 2.49. The third kappa shape index (κ3) is 3.01. The van der Waals surface area contributed by atoms with Gasteiger partial charge in [0.25, 0.3) is 11.8 Å². The molecule has 34 heavy (non-hydrogen) atoms. The molecule has 0 unspecified atom stereocenters. The first-order valence-corrected chi connectivity index (χ1v) is 10.8. The first-order chi connectivity index (χ1) is 16.5. The van der Waals surface area contributed by atoms with Gasteiger partial charge in [0.2, 0.25) is 0 Å². The zero-order valence-electron chi connectivity index (χ0n) is 18.3. The number of benzene rings is 2. The van der Waals surface area contributed by atoms with E-state index in [9.17, 15) is 14.4 Å². The van der Waals surface area contributed by atoms with Crippen molar-refractivity contribution in [2.75, 3.05) is 20.2 Å². The highest BCUT2D eigenvalue weighted by molar-refractivity contribution is 6.12. The average molecular weight is 456 g/mol. The molecule has 3 aliphatic rings. The molecule has 3 aliphatic heterocycles. The number of carbonyl (C=O) groups excluding carboxylic acids is 3. The highest BCUT2D eigenvalue weighted by Crippen LogP contribution is 2.35. The van der Waals surface area contributed by atoms with Crippen molar-refractivity contribution in [2.24, 2.45) is 4.99 Å².